The van der Waals surface area contributed by atoms with Crippen LogP contribution in [0.25, 0.3) is 54.9 Å². The van der Waals surface area contributed by atoms with Crippen LogP contribution in [0.1, 0.15) is 0 Å². The summed E-state index contributed by atoms with van der Waals surface area (Å²) in [6, 6.07) is 67.7. The molecule has 0 saturated heterocycles. The quantitative estimate of drug-likeness (QED) is 0.179. The molecule has 0 fully saturated rings. The van der Waals surface area contributed by atoms with Crippen molar-refractivity contribution < 1.29 is 0 Å². The summed E-state index contributed by atoms with van der Waals surface area (Å²) in [5.74, 6) is 0. The van der Waals surface area contributed by atoms with E-state index < -0.39 is 0 Å². The Bertz CT molecular complexity index is 2200. The largest absolute Gasteiger partial charge is 0.310 e. The first-order valence-electron chi connectivity index (χ1n) is 15.4. The van der Waals surface area contributed by atoms with Gasteiger partial charge in [-0.25, -0.2) is 0 Å². The first kappa shape index (κ1) is 26.7. The van der Waals surface area contributed by atoms with E-state index in [1.807, 2.05) is 0 Å². The van der Waals surface area contributed by atoms with E-state index >= 15 is 0 Å². The van der Waals surface area contributed by atoms with Crippen LogP contribution >= 0.6 is 0 Å². The highest BCUT2D eigenvalue weighted by Crippen LogP contribution is 2.42. The zero-order chi connectivity index (χ0) is 30.0. The van der Waals surface area contributed by atoms with Crippen LogP contribution in [0.4, 0.5) is 17.1 Å². The Hall–Kier alpha value is -5.92. The van der Waals surface area contributed by atoms with Gasteiger partial charge in [-0.05, 0) is 103 Å². The molecular weight excluding hydrogens is 542 g/mol. The third kappa shape index (κ3) is 5.15. The van der Waals surface area contributed by atoms with Crippen molar-refractivity contribution >= 4 is 38.6 Å². The minimum absolute atomic E-state index is 1.11. The number of rotatable bonds is 6. The lowest BCUT2D eigenvalue weighted by Crippen LogP contribution is -2.10. The fourth-order valence-corrected chi connectivity index (χ4v) is 6.46. The Kier molecular flexibility index (Phi) is 6.90. The first-order valence-corrected chi connectivity index (χ1v) is 15.4. The summed E-state index contributed by atoms with van der Waals surface area (Å²) < 4.78 is 0. The fourth-order valence-electron chi connectivity index (χ4n) is 6.46. The van der Waals surface area contributed by atoms with Gasteiger partial charge in [0.2, 0.25) is 0 Å². The summed E-state index contributed by atoms with van der Waals surface area (Å²) >= 11 is 0. The lowest BCUT2D eigenvalue weighted by Gasteiger charge is -2.27. The number of anilines is 3. The fraction of sp³-hybridized carbons (Fsp3) is 0. The van der Waals surface area contributed by atoms with Crippen molar-refractivity contribution in [3.05, 3.63) is 188 Å². The molecule has 0 aliphatic heterocycles. The molecule has 0 N–H and O–H groups in total. The van der Waals surface area contributed by atoms with Crippen LogP contribution in [-0.2, 0) is 0 Å². The molecule has 0 radical (unpaired) electrons. The second-order valence-electron chi connectivity index (χ2n) is 11.4. The molecular formula is C44H31N. The van der Waals surface area contributed by atoms with Gasteiger partial charge in [0, 0.05) is 17.1 Å². The van der Waals surface area contributed by atoms with E-state index in [0.717, 1.165) is 17.1 Å². The SMILES string of the molecule is c1ccc(-c2cc(-c3ccccc3)cc(N(c3ccccc3)c3cccc(-c4cc5ccccc5c5ccccc45)c3)c2)cc1. The molecule has 8 aromatic carbocycles. The van der Waals surface area contributed by atoms with Gasteiger partial charge in [-0.15, -0.1) is 0 Å². The molecule has 0 aromatic heterocycles. The summed E-state index contributed by atoms with van der Waals surface area (Å²) in [4.78, 5) is 2.38. The van der Waals surface area contributed by atoms with Gasteiger partial charge in [0.05, 0.1) is 0 Å². The van der Waals surface area contributed by atoms with Crippen molar-refractivity contribution in [3.63, 3.8) is 0 Å². The molecule has 0 amide bonds. The maximum atomic E-state index is 2.38. The zero-order valence-corrected chi connectivity index (χ0v) is 24.8. The molecule has 8 aromatic rings. The highest BCUT2D eigenvalue weighted by atomic mass is 15.1. The molecule has 0 heterocycles. The van der Waals surface area contributed by atoms with Crippen LogP contribution in [0.2, 0.25) is 0 Å². The Balaban J connectivity index is 1.35. The Morgan fingerprint density at radius 3 is 1.42 bits per heavy atom. The van der Waals surface area contributed by atoms with E-state index in [2.05, 4.69) is 193 Å². The summed E-state index contributed by atoms with van der Waals surface area (Å²) in [7, 11) is 0. The molecule has 0 saturated carbocycles. The zero-order valence-electron chi connectivity index (χ0n) is 24.8. The molecule has 0 unspecified atom stereocenters. The van der Waals surface area contributed by atoms with Gasteiger partial charge in [-0.2, -0.15) is 0 Å². The molecule has 0 aliphatic rings. The van der Waals surface area contributed by atoms with E-state index in [1.165, 1.54) is 54.9 Å². The third-order valence-electron chi connectivity index (χ3n) is 8.59. The summed E-state index contributed by atoms with van der Waals surface area (Å²) in [6.45, 7) is 0. The Labute approximate surface area is 264 Å². The number of nitrogens with zero attached hydrogens (tertiary/aromatic N) is 1. The van der Waals surface area contributed by atoms with Gasteiger partial charge in [0.15, 0.2) is 0 Å². The van der Waals surface area contributed by atoms with Crippen LogP contribution < -0.4 is 4.90 Å². The normalized spacial score (nSPS) is 11.1. The average molecular weight is 574 g/mol. The van der Waals surface area contributed by atoms with Gasteiger partial charge in [0.1, 0.15) is 0 Å². The van der Waals surface area contributed by atoms with Crippen molar-refractivity contribution in [1.29, 1.82) is 0 Å². The van der Waals surface area contributed by atoms with Crippen molar-refractivity contribution in [2.75, 3.05) is 4.90 Å². The van der Waals surface area contributed by atoms with E-state index in [0.29, 0.717) is 0 Å². The molecule has 1 heteroatoms. The smallest absolute Gasteiger partial charge is 0.0473 e. The standard InChI is InChI=1S/C44H31N/c1-4-15-32(16-5-1)36-27-37(33-17-6-2-7-18-33)30-40(29-36)45(38-21-8-3-9-22-38)39-23-14-20-34(28-39)44-31-35-19-10-11-24-41(35)42-25-12-13-26-43(42)44/h1-31H. The van der Waals surface area contributed by atoms with Gasteiger partial charge in [-0.1, -0.05) is 140 Å². The molecule has 0 aliphatic carbocycles. The van der Waals surface area contributed by atoms with E-state index in [9.17, 15) is 0 Å². The van der Waals surface area contributed by atoms with Crippen LogP contribution in [0.15, 0.2) is 188 Å². The number of fused-ring (bicyclic) bond motifs is 3. The van der Waals surface area contributed by atoms with Crippen LogP contribution in [0.3, 0.4) is 0 Å². The van der Waals surface area contributed by atoms with Crippen molar-refractivity contribution in [2.24, 2.45) is 0 Å². The summed E-state index contributed by atoms with van der Waals surface area (Å²) in [5.41, 5.74) is 10.5. The second kappa shape index (κ2) is 11.6. The number of hydrogen-bond acceptors (Lipinski definition) is 1. The van der Waals surface area contributed by atoms with Gasteiger partial charge >= 0.3 is 0 Å². The maximum Gasteiger partial charge on any atom is 0.0473 e. The Morgan fingerprint density at radius 1 is 0.267 bits per heavy atom. The van der Waals surface area contributed by atoms with Crippen LogP contribution in [-0.4, -0.2) is 0 Å². The number of benzene rings is 8. The van der Waals surface area contributed by atoms with Crippen molar-refractivity contribution in [1.82, 2.24) is 0 Å². The molecule has 45 heavy (non-hydrogen) atoms. The monoisotopic (exact) mass is 573 g/mol. The summed E-state index contributed by atoms with van der Waals surface area (Å²) in [6.07, 6.45) is 0. The Morgan fingerprint density at radius 2 is 0.756 bits per heavy atom. The minimum Gasteiger partial charge on any atom is -0.310 e. The highest BCUT2D eigenvalue weighted by Gasteiger charge is 2.17. The van der Waals surface area contributed by atoms with E-state index in [4.69, 9.17) is 0 Å². The van der Waals surface area contributed by atoms with Gasteiger partial charge in [-0.3, -0.25) is 0 Å². The van der Waals surface area contributed by atoms with Crippen molar-refractivity contribution in [3.8, 4) is 33.4 Å². The minimum atomic E-state index is 1.11. The molecule has 1 nitrogen and oxygen atoms in total. The molecule has 0 bridgehead atoms. The molecule has 212 valence electrons. The van der Waals surface area contributed by atoms with E-state index in [-0.39, 0.29) is 0 Å². The summed E-state index contributed by atoms with van der Waals surface area (Å²) in [5, 5.41) is 5.07. The second-order valence-corrected chi connectivity index (χ2v) is 11.4. The van der Waals surface area contributed by atoms with Crippen molar-refractivity contribution in [2.45, 2.75) is 0 Å². The predicted molar refractivity (Wildman–Crippen MR) is 192 cm³/mol. The van der Waals surface area contributed by atoms with Gasteiger partial charge < -0.3 is 4.90 Å². The topological polar surface area (TPSA) is 3.24 Å². The molecule has 0 spiro atoms. The third-order valence-corrected chi connectivity index (χ3v) is 8.59. The molecule has 0 atom stereocenters. The first-order chi connectivity index (χ1) is 22.3. The van der Waals surface area contributed by atoms with Gasteiger partial charge in [0.25, 0.3) is 0 Å². The number of para-hydroxylation sites is 1. The maximum absolute atomic E-state index is 2.38. The average Bonchev–Trinajstić information content (AvgIpc) is 3.13. The lowest BCUT2D eigenvalue weighted by atomic mass is 9.93. The highest BCUT2D eigenvalue weighted by molar-refractivity contribution is 6.13. The molecule has 8 rings (SSSR count). The lowest BCUT2D eigenvalue weighted by molar-refractivity contribution is 1.28. The predicted octanol–water partition coefficient (Wildman–Crippen LogP) is 12.5. The van der Waals surface area contributed by atoms with Crippen LogP contribution in [0, 0.1) is 0 Å². The van der Waals surface area contributed by atoms with Crippen LogP contribution in [0.5, 0.6) is 0 Å². The number of hydrogen-bond donors (Lipinski definition) is 0. The van der Waals surface area contributed by atoms with E-state index in [1.54, 1.807) is 0 Å².